The van der Waals surface area contributed by atoms with Crippen LogP contribution in [-0.4, -0.2) is 42.7 Å². The number of ether oxygens (including phenoxy) is 2. The van der Waals surface area contributed by atoms with E-state index in [1.54, 1.807) is 0 Å². The van der Waals surface area contributed by atoms with E-state index in [1.165, 1.54) is 0 Å². The maximum atomic E-state index is 11.5. The molecule has 2 aliphatic rings. The van der Waals surface area contributed by atoms with E-state index >= 15 is 0 Å². The molecule has 3 atom stereocenters. The monoisotopic (exact) mass is 272 g/mol. The molecule has 3 nitrogen and oxygen atoms in total. The molecule has 104 valence electrons. The minimum Gasteiger partial charge on any atom is -0.495 e. The van der Waals surface area contributed by atoms with Crippen molar-refractivity contribution < 1.29 is 14.3 Å². The minimum absolute atomic E-state index is 0.0557. The molecule has 0 saturated carbocycles. The largest absolute Gasteiger partial charge is 0.495 e. The van der Waals surface area contributed by atoms with Gasteiger partial charge < -0.3 is 9.47 Å². The van der Waals surface area contributed by atoms with Gasteiger partial charge in [0, 0.05) is 12.3 Å². The van der Waals surface area contributed by atoms with Crippen molar-refractivity contribution >= 4 is 16.0 Å². The number of carbonyl (C=O) groups is 1. The number of carbonyl (C=O) groups excluding carboxylic acids is 1. The van der Waals surface area contributed by atoms with E-state index in [4.69, 9.17) is 9.47 Å². The van der Waals surface area contributed by atoms with Crippen molar-refractivity contribution in [2.45, 2.75) is 37.9 Å². The first-order chi connectivity index (χ1) is 8.35. The third-order valence-electron chi connectivity index (χ3n) is 3.68. The molecule has 0 amide bonds. The van der Waals surface area contributed by atoms with Crippen LogP contribution in [0.5, 0.6) is 0 Å². The molecule has 0 aromatic heterocycles. The zero-order valence-electron chi connectivity index (χ0n) is 11.6. The smallest absolute Gasteiger partial charge is 0.306 e. The Bertz CT molecular complexity index is 345. The van der Waals surface area contributed by atoms with Crippen molar-refractivity contribution in [2.75, 3.05) is 24.5 Å². The van der Waals surface area contributed by atoms with E-state index in [9.17, 15) is 4.79 Å². The van der Waals surface area contributed by atoms with Crippen LogP contribution in [-0.2, 0) is 14.3 Å². The van der Waals surface area contributed by atoms with Crippen molar-refractivity contribution in [1.82, 2.24) is 0 Å². The van der Waals surface area contributed by atoms with Gasteiger partial charge in [-0.25, -0.2) is 10.0 Å². The van der Waals surface area contributed by atoms with Crippen molar-refractivity contribution in [3.63, 3.8) is 0 Å². The van der Waals surface area contributed by atoms with Crippen LogP contribution >= 0.6 is 10.0 Å². The Morgan fingerprint density at radius 3 is 2.61 bits per heavy atom. The van der Waals surface area contributed by atoms with Gasteiger partial charge in [0.1, 0.15) is 12.2 Å². The second-order valence-electron chi connectivity index (χ2n) is 6.21. The Labute approximate surface area is 111 Å². The minimum atomic E-state index is -0.536. The van der Waals surface area contributed by atoms with Crippen molar-refractivity contribution in [3.8, 4) is 0 Å². The van der Waals surface area contributed by atoms with E-state index < -0.39 is 10.0 Å². The molecule has 2 rings (SSSR count). The molecule has 2 fully saturated rings. The maximum Gasteiger partial charge on any atom is 0.306 e. The van der Waals surface area contributed by atoms with Crippen molar-refractivity contribution in [2.24, 2.45) is 5.92 Å². The van der Waals surface area contributed by atoms with E-state index in [2.05, 4.69) is 25.3 Å². The number of rotatable bonds is 4. The first kappa shape index (κ1) is 13.8. The summed E-state index contributed by atoms with van der Waals surface area (Å²) in [5, 5.41) is 0. The zero-order valence-corrected chi connectivity index (χ0v) is 12.4. The summed E-state index contributed by atoms with van der Waals surface area (Å²) in [4.78, 5) is 11.5. The molecule has 0 aliphatic carbocycles. The summed E-state index contributed by atoms with van der Waals surface area (Å²) < 4.78 is 11.2. The SMILES string of the molecule is C=C1CCC(C2CC(=O)OC2CCS(C)(C)C)O1. The summed E-state index contributed by atoms with van der Waals surface area (Å²) in [6.07, 6.45) is 10.5. The molecule has 0 bridgehead atoms. The van der Waals surface area contributed by atoms with E-state index in [0.717, 1.165) is 30.8 Å². The predicted octanol–water partition coefficient (Wildman–Crippen LogP) is 2.69. The lowest BCUT2D eigenvalue weighted by atomic mass is 9.91. The second kappa shape index (κ2) is 5.16. The Balaban J connectivity index is 1.95. The van der Waals surface area contributed by atoms with Crippen LogP contribution in [0.2, 0.25) is 0 Å². The van der Waals surface area contributed by atoms with Crippen LogP contribution in [0, 0.1) is 5.92 Å². The normalized spacial score (nSPS) is 33.4. The molecule has 2 saturated heterocycles. The van der Waals surface area contributed by atoms with Gasteiger partial charge >= 0.3 is 5.97 Å². The van der Waals surface area contributed by atoms with Gasteiger partial charge in [0.15, 0.2) is 0 Å². The molecule has 4 heteroatoms. The lowest BCUT2D eigenvalue weighted by Gasteiger charge is -2.29. The average molecular weight is 272 g/mol. The zero-order chi connectivity index (χ0) is 13.3. The Hall–Kier alpha value is -0.640. The fourth-order valence-electron chi connectivity index (χ4n) is 2.68. The standard InChI is InChI=1S/C14H24O3S/c1-10-5-6-12(16-10)11-9-14(15)17-13(11)7-8-18(2,3)4/h11-13H,1,5-9H2,2-4H3. The van der Waals surface area contributed by atoms with Crippen LogP contribution in [0.15, 0.2) is 12.3 Å². The van der Waals surface area contributed by atoms with Crippen LogP contribution in [0.4, 0.5) is 0 Å². The first-order valence-electron chi connectivity index (χ1n) is 6.55. The Morgan fingerprint density at radius 1 is 1.33 bits per heavy atom. The molecule has 0 spiro atoms. The van der Waals surface area contributed by atoms with Gasteiger partial charge in [0.05, 0.1) is 12.2 Å². The number of esters is 1. The summed E-state index contributed by atoms with van der Waals surface area (Å²) in [7, 11) is -0.536. The number of hydrogen-bond acceptors (Lipinski definition) is 3. The third kappa shape index (κ3) is 3.44. The average Bonchev–Trinajstić information content (AvgIpc) is 2.80. The molecule has 0 N–H and O–H groups in total. The third-order valence-corrected chi connectivity index (χ3v) is 5.14. The van der Waals surface area contributed by atoms with Gasteiger partial charge in [-0.2, -0.15) is 0 Å². The molecular weight excluding hydrogens is 248 g/mol. The van der Waals surface area contributed by atoms with Gasteiger partial charge in [0.2, 0.25) is 0 Å². The number of hydrogen-bond donors (Lipinski definition) is 0. The fourth-order valence-corrected chi connectivity index (χ4v) is 3.62. The molecule has 2 aliphatic heterocycles. The van der Waals surface area contributed by atoms with E-state index in [-0.39, 0.29) is 24.1 Å². The molecule has 3 unspecified atom stereocenters. The van der Waals surface area contributed by atoms with Crippen molar-refractivity contribution in [1.29, 1.82) is 0 Å². The van der Waals surface area contributed by atoms with Crippen LogP contribution in [0.25, 0.3) is 0 Å². The molecule has 18 heavy (non-hydrogen) atoms. The van der Waals surface area contributed by atoms with Crippen LogP contribution in [0.1, 0.15) is 25.7 Å². The maximum absolute atomic E-state index is 11.5. The van der Waals surface area contributed by atoms with Gasteiger partial charge in [-0.05, 0) is 37.4 Å². The summed E-state index contributed by atoms with van der Waals surface area (Å²) >= 11 is 0. The molecule has 2 heterocycles. The highest BCUT2D eigenvalue weighted by atomic mass is 32.3. The highest BCUT2D eigenvalue weighted by molar-refractivity contribution is 8.32. The van der Waals surface area contributed by atoms with Crippen LogP contribution in [0.3, 0.4) is 0 Å². The topological polar surface area (TPSA) is 35.5 Å². The van der Waals surface area contributed by atoms with Gasteiger partial charge in [-0.15, -0.1) is 0 Å². The van der Waals surface area contributed by atoms with E-state index in [0.29, 0.717) is 6.42 Å². The summed E-state index contributed by atoms with van der Waals surface area (Å²) in [5.74, 6) is 2.18. The van der Waals surface area contributed by atoms with E-state index in [1.807, 2.05) is 0 Å². The predicted molar refractivity (Wildman–Crippen MR) is 76.1 cm³/mol. The number of allylic oxidation sites excluding steroid dienone is 1. The highest BCUT2D eigenvalue weighted by Gasteiger charge is 2.42. The molecule has 0 aromatic rings. The van der Waals surface area contributed by atoms with Gasteiger partial charge in [-0.3, -0.25) is 4.79 Å². The van der Waals surface area contributed by atoms with Crippen LogP contribution < -0.4 is 0 Å². The lowest BCUT2D eigenvalue weighted by Crippen LogP contribution is -2.28. The number of cyclic esters (lactones) is 1. The van der Waals surface area contributed by atoms with Crippen molar-refractivity contribution in [3.05, 3.63) is 12.3 Å². The quantitative estimate of drug-likeness (QED) is 0.738. The summed E-state index contributed by atoms with van der Waals surface area (Å²) in [5.41, 5.74) is 0. The lowest BCUT2D eigenvalue weighted by molar-refractivity contribution is -0.141. The Morgan fingerprint density at radius 2 is 2.06 bits per heavy atom. The fraction of sp³-hybridized carbons (Fsp3) is 0.786. The highest BCUT2D eigenvalue weighted by Crippen LogP contribution is 2.41. The van der Waals surface area contributed by atoms with Gasteiger partial charge in [0.25, 0.3) is 0 Å². The molecular formula is C14H24O3S. The summed E-state index contributed by atoms with van der Waals surface area (Å²) in [6.45, 7) is 3.86. The Kier molecular flexibility index (Phi) is 3.95. The first-order valence-corrected chi connectivity index (χ1v) is 9.58. The summed E-state index contributed by atoms with van der Waals surface area (Å²) in [6, 6.07) is 0. The van der Waals surface area contributed by atoms with Gasteiger partial charge in [-0.1, -0.05) is 6.58 Å². The molecule has 0 radical (unpaired) electrons. The second-order valence-corrected chi connectivity index (χ2v) is 10.8. The molecule has 0 aromatic carbocycles.